The number of aryl methyl sites for hydroxylation is 1. The molecule has 8 nitrogen and oxygen atoms in total. The Balaban J connectivity index is 1.88. The molecule has 2 aromatic carbocycles. The van der Waals surface area contributed by atoms with Crippen LogP contribution in [-0.4, -0.2) is 57.9 Å². The molecule has 0 aromatic heterocycles. The van der Waals surface area contributed by atoms with Gasteiger partial charge in [0.1, 0.15) is 5.82 Å². The number of carboxylic acids is 1. The quantitative estimate of drug-likeness (QED) is 0.714. The van der Waals surface area contributed by atoms with E-state index in [1.54, 1.807) is 24.3 Å². The molecule has 1 fully saturated rings. The van der Waals surface area contributed by atoms with Crippen molar-refractivity contribution in [2.45, 2.75) is 32.5 Å². The largest absolute Gasteiger partial charge is 0.481 e. The Morgan fingerprint density at radius 3 is 2.19 bits per heavy atom. The lowest BCUT2D eigenvalue weighted by molar-refractivity contribution is -0.141. The molecule has 0 bridgehead atoms. The second kappa shape index (κ2) is 9.59. The smallest absolute Gasteiger partial charge is 0.305 e. The fourth-order valence-corrected chi connectivity index (χ4v) is 3.68. The van der Waals surface area contributed by atoms with Gasteiger partial charge in [-0.05, 0) is 36.8 Å². The molecule has 2 unspecified atom stereocenters. The first-order valence-electron chi connectivity index (χ1n) is 10.1. The van der Waals surface area contributed by atoms with Gasteiger partial charge in [0.05, 0.1) is 12.5 Å². The third-order valence-electron chi connectivity index (χ3n) is 5.34. The van der Waals surface area contributed by atoms with Gasteiger partial charge in [-0.1, -0.05) is 29.8 Å². The molecule has 1 aliphatic heterocycles. The van der Waals surface area contributed by atoms with Gasteiger partial charge in [-0.25, -0.2) is 4.39 Å². The van der Waals surface area contributed by atoms with Crippen LogP contribution in [0.25, 0.3) is 0 Å². The zero-order valence-corrected chi connectivity index (χ0v) is 17.7. The maximum Gasteiger partial charge on any atom is 0.305 e. The van der Waals surface area contributed by atoms with E-state index in [0.717, 1.165) is 5.56 Å². The molecule has 3 rings (SSSR count). The van der Waals surface area contributed by atoms with Gasteiger partial charge in [0, 0.05) is 25.6 Å². The molecule has 2 N–H and O–H groups in total. The summed E-state index contributed by atoms with van der Waals surface area (Å²) in [5.41, 5.74) is 1.74. The summed E-state index contributed by atoms with van der Waals surface area (Å²) in [6.45, 7) is 3.51. The maximum absolute atomic E-state index is 13.3. The summed E-state index contributed by atoms with van der Waals surface area (Å²) >= 11 is 0. The van der Waals surface area contributed by atoms with Crippen molar-refractivity contribution in [2.75, 3.05) is 13.1 Å². The van der Waals surface area contributed by atoms with Crippen molar-refractivity contribution in [3.8, 4) is 0 Å². The lowest BCUT2D eigenvalue weighted by atomic mass is 10.0. The normalized spacial score (nSPS) is 16.5. The number of carbonyl (C=O) groups excluding carboxylic acids is 3. The molecule has 0 saturated carbocycles. The topological polar surface area (TPSA) is 107 Å². The van der Waals surface area contributed by atoms with Crippen LogP contribution in [0, 0.1) is 12.7 Å². The highest BCUT2D eigenvalue weighted by molar-refractivity contribution is 5.99. The summed E-state index contributed by atoms with van der Waals surface area (Å²) in [6.07, 6.45) is -1.67. The van der Waals surface area contributed by atoms with E-state index in [9.17, 15) is 28.7 Å². The highest BCUT2D eigenvalue weighted by atomic mass is 19.1. The third kappa shape index (κ3) is 5.11. The molecule has 32 heavy (non-hydrogen) atoms. The minimum absolute atomic E-state index is 0.157. The third-order valence-corrected chi connectivity index (χ3v) is 5.34. The van der Waals surface area contributed by atoms with Crippen LogP contribution < -0.4 is 5.32 Å². The van der Waals surface area contributed by atoms with E-state index in [0.29, 0.717) is 11.1 Å². The van der Waals surface area contributed by atoms with Gasteiger partial charge in [0.2, 0.25) is 5.91 Å². The molecule has 168 valence electrons. The van der Waals surface area contributed by atoms with Crippen LogP contribution >= 0.6 is 0 Å². The van der Waals surface area contributed by atoms with Crippen molar-refractivity contribution in [1.29, 1.82) is 0 Å². The molecule has 3 amide bonds. The number of amides is 3. The van der Waals surface area contributed by atoms with Crippen molar-refractivity contribution < 1.29 is 28.7 Å². The number of carboxylic acid groups (broad SMARTS) is 1. The van der Waals surface area contributed by atoms with Gasteiger partial charge in [0.25, 0.3) is 11.8 Å². The Kier molecular flexibility index (Phi) is 6.87. The fourth-order valence-electron chi connectivity index (χ4n) is 3.68. The van der Waals surface area contributed by atoms with E-state index in [2.05, 4.69) is 5.32 Å². The standard InChI is InChI=1S/C23H24FN3O5/c1-14-3-5-17(6-4-14)23(32)27-12-11-26(15(2)28)22(27)21(31)25-19(13-20(29)30)16-7-9-18(24)10-8-16/h3-10,19,22H,11-13H2,1-2H3,(H,25,31)(H,29,30). The lowest BCUT2D eigenvalue weighted by Crippen LogP contribution is -2.54. The molecule has 2 atom stereocenters. The Morgan fingerprint density at radius 1 is 1.03 bits per heavy atom. The van der Waals surface area contributed by atoms with E-state index < -0.39 is 42.2 Å². The minimum Gasteiger partial charge on any atom is -0.481 e. The zero-order chi connectivity index (χ0) is 23.4. The number of rotatable bonds is 6. The first-order valence-corrected chi connectivity index (χ1v) is 10.1. The number of carbonyl (C=O) groups is 4. The van der Waals surface area contributed by atoms with Crippen LogP contribution in [0.2, 0.25) is 0 Å². The Hall–Kier alpha value is -3.75. The molecule has 9 heteroatoms. The summed E-state index contributed by atoms with van der Waals surface area (Å²) in [7, 11) is 0. The average molecular weight is 441 g/mol. The summed E-state index contributed by atoms with van der Waals surface area (Å²) in [6, 6.07) is 11.0. The Morgan fingerprint density at radius 2 is 1.62 bits per heavy atom. The van der Waals surface area contributed by atoms with Gasteiger partial charge < -0.3 is 20.2 Å². The van der Waals surface area contributed by atoms with E-state index >= 15 is 0 Å². The van der Waals surface area contributed by atoms with E-state index in [1.165, 1.54) is 41.0 Å². The predicted molar refractivity (Wildman–Crippen MR) is 113 cm³/mol. The van der Waals surface area contributed by atoms with Crippen LogP contribution in [-0.2, 0) is 14.4 Å². The lowest BCUT2D eigenvalue weighted by Gasteiger charge is -2.30. The second-order valence-corrected chi connectivity index (χ2v) is 7.66. The average Bonchev–Trinajstić information content (AvgIpc) is 3.19. The van der Waals surface area contributed by atoms with E-state index in [-0.39, 0.29) is 19.0 Å². The molecular formula is C23H24FN3O5. The van der Waals surface area contributed by atoms with Crippen molar-refractivity contribution in [2.24, 2.45) is 0 Å². The van der Waals surface area contributed by atoms with Gasteiger partial charge in [-0.3, -0.25) is 19.2 Å². The molecule has 2 aromatic rings. The molecule has 1 aliphatic rings. The minimum atomic E-state index is -1.22. The van der Waals surface area contributed by atoms with Crippen LogP contribution in [0.15, 0.2) is 48.5 Å². The van der Waals surface area contributed by atoms with Crippen LogP contribution in [0.3, 0.4) is 0 Å². The number of benzene rings is 2. The second-order valence-electron chi connectivity index (χ2n) is 7.66. The maximum atomic E-state index is 13.3. The molecule has 0 spiro atoms. The Bertz CT molecular complexity index is 1020. The molecule has 1 saturated heterocycles. The van der Waals surface area contributed by atoms with Crippen molar-refractivity contribution >= 4 is 23.7 Å². The van der Waals surface area contributed by atoms with Crippen LogP contribution in [0.1, 0.15) is 40.9 Å². The van der Waals surface area contributed by atoms with Crippen molar-refractivity contribution in [3.05, 3.63) is 71.0 Å². The SMILES string of the molecule is CC(=O)N1CCN(C(=O)c2ccc(C)cc2)C1C(=O)NC(CC(=O)O)c1ccc(F)cc1. The van der Waals surface area contributed by atoms with Crippen LogP contribution in [0.5, 0.6) is 0 Å². The molecule has 1 heterocycles. The zero-order valence-electron chi connectivity index (χ0n) is 17.7. The first kappa shape index (κ1) is 22.9. The molecule has 0 radical (unpaired) electrons. The summed E-state index contributed by atoms with van der Waals surface area (Å²) in [4.78, 5) is 52.4. The number of halogens is 1. The summed E-state index contributed by atoms with van der Waals surface area (Å²) < 4.78 is 13.3. The summed E-state index contributed by atoms with van der Waals surface area (Å²) in [5.74, 6) is -3.15. The number of nitrogens with one attached hydrogen (secondary N) is 1. The van der Waals surface area contributed by atoms with E-state index in [1.807, 2.05) is 6.92 Å². The van der Waals surface area contributed by atoms with Gasteiger partial charge >= 0.3 is 5.97 Å². The first-order chi connectivity index (χ1) is 15.2. The number of hydrogen-bond acceptors (Lipinski definition) is 4. The number of nitrogens with zero attached hydrogens (tertiary/aromatic N) is 2. The van der Waals surface area contributed by atoms with Crippen molar-refractivity contribution in [1.82, 2.24) is 15.1 Å². The van der Waals surface area contributed by atoms with Gasteiger partial charge in [-0.15, -0.1) is 0 Å². The highest BCUT2D eigenvalue weighted by Gasteiger charge is 2.42. The van der Waals surface area contributed by atoms with Crippen LogP contribution in [0.4, 0.5) is 4.39 Å². The summed E-state index contributed by atoms with van der Waals surface area (Å²) in [5, 5.41) is 11.9. The van der Waals surface area contributed by atoms with Crippen molar-refractivity contribution in [3.63, 3.8) is 0 Å². The fraction of sp³-hybridized carbons (Fsp3) is 0.304. The van der Waals surface area contributed by atoms with E-state index in [4.69, 9.17) is 0 Å². The predicted octanol–water partition coefficient (Wildman–Crippen LogP) is 2.10. The highest BCUT2D eigenvalue weighted by Crippen LogP contribution is 2.22. The molecular weight excluding hydrogens is 417 g/mol. The number of aliphatic carboxylic acids is 1. The van der Waals surface area contributed by atoms with Gasteiger partial charge in [0.15, 0.2) is 6.17 Å². The van der Waals surface area contributed by atoms with Gasteiger partial charge in [-0.2, -0.15) is 0 Å². The monoisotopic (exact) mass is 441 g/mol. The number of hydrogen-bond donors (Lipinski definition) is 2. The Labute approximate surface area is 184 Å². The molecule has 0 aliphatic carbocycles.